The number of hydrogen-bond donors (Lipinski definition) is 2. The van der Waals surface area contributed by atoms with Crippen molar-refractivity contribution in [1.82, 2.24) is 5.32 Å². The summed E-state index contributed by atoms with van der Waals surface area (Å²) in [5.74, 6) is 2.33. The Morgan fingerprint density at radius 1 is 1.20 bits per heavy atom. The minimum Gasteiger partial charge on any atom is -0.491 e. The van der Waals surface area contributed by atoms with Crippen molar-refractivity contribution < 1.29 is 19.3 Å². The molecule has 5 heteroatoms. The first-order chi connectivity index (χ1) is 12.3. The predicted molar refractivity (Wildman–Crippen MR) is 96.1 cm³/mol. The van der Waals surface area contributed by atoms with Crippen LogP contribution in [-0.4, -0.2) is 31.2 Å². The van der Waals surface area contributed by atoms with Gasteiger partial charge in [0.1, 0.15) is 18.5 Å². The zero-order valence-corrected chi connectivity index (χ0v) is 14.1. The second-order valence-electron chi connectivity index (χ2n) is 5.88. The molecule has 0 radical (unpaired) electrons. The van der Waals surface area contributed by atoms with E-state index in [1.807, 2.05) is 48.5 Å². The van der Waals surface area contributed by atoms with E-state index in [4.69, 9.17) is 14.2 Å². The lowest BCUT2D eigenvalue weighted by Crippen LogP contribution is -2.31. The summed E-state index contributed by atoms with van der Waals surface area (Å²) < 4.78 is 16.4. The summed E-state index contributed by atoms with van der Waals surface area (Å²) in [4.78, 5) is 0. The lowest BCUT2D eigenvalue weighted by molar-refractivity contribution is 0.106. The number of benzene rings is 2. The summed E-state index contributed by atoms with van der Waals surface area (Å²) in [5.41, 5.74) is 2.15. The van der Waals surface area contributed by atoms with Gasteiger partial charge in [-0.1, -0.05) is 30.3 Å². The van der Waals surface area contributed by atoms with Crippen molar-refractivity contribution in [3.63, 3.8) is 0 Å². The molecule has 0 spiro atoms. The van der Waals surface area contributed by atoms with Gasteiger partial charge in [-0.2, -0.15) is 0 Å². The lowest BCUT2D eigenvalue weighted by atomic mass is 10.1. The van der Waals surface area contributed by atoms with Crippen molar-refractivity contribution in [3.8, 4) is 17.2 Å². The highest BCUT2D eigenvalue weighted by molar-refractivity contribution is 5.44. The number of allylic oxidation sites excluding steroid dienone is 1. The topological polar surface area (TPSA) is 60.0 Å². The zero-order chi connectivity index (χ0) is 17.5. The number of aliphatic hydroxyl groups excluding tert-OH is 1. The number of hydrogen-bond acceptors (Lipinski definition) is 5. The molecular formula is C20H23NO4. The molecule has 0 aliphatic carbocycles. The first kappa shape index (κ1) is 17.3. The van der Waals surface area contributed by atoms with Crippen molar-refractivity contribution >= 4 is 0 Å². The van der Waals surface area contributed by atoms with Crippen LogP contribution < -0.4 is 19.5 Å². The molecule has 132 valence electrons. The van der Waals surface area contributed by atoms with Crippen LogP contribution in [0.5, 0.6) is 17.2 Å². The monoisotopic (exact) mass is 341 g/mol. The summed E-state index contributed by atoms with van der Waals surface area (Å²) in [6.07, 6.45) is 1.99. The average Bonchev–Trinajstić information content (AvgIpc) is 3.09. The van der Waals surface area contributed by atoms with Gasteiger partial charge in [-0.05, 0) is 35.7 Å². The summed E-state index contributed by atoms with van der Waals surface area (Å²) in [5, 5.41) is 13.3. The Kier molecular flexibility index (Phi) is 5.93. The maximum atomic E-state index is 10.1. The van der Waals surface area contributed by atoms with E-state index >= 15 is 0 Å². The van der Waals surface area contributed by atoms with Gasteiger partial charge in [-0.15, -0.1) is 6.58 Å². The van der Waals surface area contributed by atoms with Crippen molar-refractivity contribution in [1.29, 1.82) is 0 Å². The van der Waals surface area contributed by atoms with Gasteiger partial charge in [-0.3, -0.25) is 0 Å². The second-order valence-corrected chi connectivity index (χ2v) is 5.88. The van der Waals surface area contributed by atoms with Crippen LogP contribution in [0.1, 0.15) is 11.1 Å². The molecule has 3 rings (SSSR count). The van der Waals surface area contributed by atoms with Crippen LogP contribution in [0, 0.1) is 0 Å². The van der Waals surface area contributed by atoms with Crippen LogP contribution in [0.3, 0.4) is 0 Å². The Labute approximate surface area is 147 Å². The lowest BCUT2D eigenvalue weighted by Gasteiger charge is -2.15. The summed E-state index contributed by atoms with van der Waals surface area (Å²) in [7, 11) is 0. The van der Waals surface area contributed by atoms with Gasteiger partial charge in [0.05, 0.1) is 0 Å². The highest BCUT2D eigenvalue weighted by atomic mass is 16.7. The van der Waals surface area contributed by atoms with Crippen molar-refractivity contribution in [2.45, 2.75) is 19.1 Å². The molecule has 1 aliphatic rings. The molecule has 25 heavy (non-hydrogen) atoms. The first-order valence-electron chi connectivity index (χ1n) is 8.35. The number of para-hydroxylation sites is 1. The molecule has 1 atom stereocenters. The van der Waals surface area contributed by atoms with Crippen molar-refractivity contribution in [2.75, 3.05) is 19.9 Å². The normalized spacial score (nSPS) is 13.5. The summed E-state index contributed by atoms with van der Waals surface area (Å²) >= 11 is 0. The standard InChI is InChI=1S/C20H23NO4/c1-2-5-16-6-3-4-7-18(16)23-13-17(22)12-21-11-15-8-9-19-20(10-15)25-14-24-19/h2-4,6-10,17,21-22H,1,5,11-14H2. The minimum absolute atomic E-state index is 0.238. The molecule has 0 saturated heterocycles. The van der Waals surface area contributed by atoms with Gasteiger partial charge >= 0.3 is 0 Å². The fourth-order valence-corrected chi connectivity index (χ4v) is 2.65. The van der Waals surface area contributed by atoms with Gasteiger partial charge in [-0.25, -0.2) is 0 Å². The fourth-order valence-electron chi connectivity index (χ4n) is 2.65. The van der Waals surface area contributed by atoms with E-state index in [-0.39, 0.29) is 13.4 Å². The third-order valence-electron chi connectivity index (χ3n) is 3.91. The highest BCUT2D eigenvalue weighted by Gasteiger charge is 2.13. The van der Waals surface area contributed by atoms with E-state index in [1.165, 1.54) is 0 Å². The van der Waals surface area contributed by atoms with Gasteiger partial charge in [0.15, 0.2) is 11.5 Å². The molecule has 2 aromatic rings. The molecule has 0 saturated carbocycles. The molecule has 2 N–H and O–H groups in total. The van der Waals surface area contributed by atoms with E-state index in [0.29, 0.717) is 13.1 Å². The average molecular weight is 341 g/mol. The van der Waals surface area contributed by atoms with E-state index < -0.39 is 6.10 Å². The summed E-state index contributed by atoms with van der Waals surface area (Å²) in [6, 6.07) is 13.6. The largest absolute Gasteiger partial charge is 0.491 e. The molecule has 1 heterocycles. The third kappa shape index (κ3) is 4.75. The van der Waals surface area contributed by atoms with Crippen LogP contribution in [0.25, 0.3) is 0 Å². The summed E-state index contributed by atoms with van der Waals surface area (Å²) in [6.45, 7) is 5.35. The molecule has 1 aliphatic heterocycles. The minimum atomic E-state index is -0.592. The Morgan fingerprint density at radius 3 is 2.92 bits per heavy atom. The van der Waals surface area contributed by atoms with E-state index in [9.17, 15) is 5.11 Å². The van der Waals surface area contributed by atoms with E-state index in [1.54, 1.807) is 0 Å². The van der Waals surface area contributed by atoms with Crippen LogP contribution in [-0.2, 0) is 13.0 Å². The van der Waals surface area contributed by atoms with E-state index in [2.05, 4.69) is 11.9 Å². The Morgan fingerprint density at radius 2 is 2.04 bits per heavy atom. The van der Waals surface area contributed by atoms with Crippen molar-refractivity contribution in [3.05, 3.63) is 66.2 Å². The number of nitrogens with one attached hydrogen (secondary N) is 1. The van der Waals surface area contributed by atoms with E-state index in [0.717, 1.165) is 34.8 Å². The Balaban J connectivity index is 1.42. The molecule has 0 amide bonds. The Bertz CT molecular complexity index is 717. The maximum Gasteiger partial charge on any atom is 0.231 e. The van der Waals surface area contributed by atoms with Gasteiger partial charge in [0.2, 0.25) is 6.79 Å². The number of rotatable bonds is 9. The first-order valence-corrected chi connectivity index (χ1v) is 8.35. The molecule has 0 fully saturated rings. The van der Waals surface area contributed by atoms with Crippen LogP contribution in [0.4, 0.5) is 0 Å². The molecule has 1 unspecified atom stereocenters. The number of fused-ring (bicyclic) bond motifs is 1. The smallest absolute Gasteiger partial charge is 0.231 e. The molecule has 0 bridgehead atoms. The van der Waals surface area contributed by atoms with Crippen LogP contribution in [0.15, 0.2) is 55.1 Å². The van der Waals surface area contributed by atoms with Crippen LogP contribution >= 0.6 is 0 Å². The Hall–Kier alpha value is -2.50. The number of ether oxygens (including phenoxy) is 3. The second kappa shape index (κ2) is 8.55. The molecule has 2 aromatic carbocycles. The maximum absolute atomic E-state index is 10.1. The fraction of sp³-hybridized carbons (Fsp3) is 0.300. The zero-order valence-electron chi connectivity index (χ0n) is 14.1. The molecule has 0 aromatic heterocycles. The van der Waals surface area contributed by atoms with Gasteiger partial charge in [0.25, 0.3) is 0 Å². The SMILES string of the molecule is C=CCc1ccccc1OCC(O)CNCc1ccc2c(c1)OCO2. The molecule has 5 nitrogen and oxygen atoms in total. The highest BCUT2D eigenvalue weighted by Crippen LogP contribution is 2.32. The predicted octanol–water partition coefficient (Wildman–Crippen LogP) is 2.67. The number of aliphatic hydroxyl groups is 1. The van der Waals surface area contributed by atoms with Crippen molar-refractivity contribution in [2.24, 2.45) is 0 Å². The van der Waals surface area contributed by atoms with Crippen LogP contribution in [0.2, 0.25) is 0 Å². The third-order valence-corrected chi connectivity index (χ3v) is 3.91. The molecular weight excluding hydrogens is 318 g/mol. The van der Waals surface area contributed by atoms with Gasteiger partial charge in [0, 0.05) is 13.1 Å². The van der Waals surface area contributed by atoms with Gasteiger partial charge < -0.3 is 24.6 Å². The quantitative estimate of drug-likeness (QED) is 0.687.